The summed E-state index contributed by atoms with van der Waals surface area (Å²) in [7, 11) is -3.06. The molecule has 0 rings (SSSR count). The van der Waals surface area contributed by atoms with Crippen molar-refractivity contribution in [3.05, 3.63) is 0 Å². The first-order valence-electron chi connectivity index (χ1n) is 5.78. The van der Waals surface area contributed by atoms with Crippen LogP contribution in [0.15, 0.2) is 0 Å². The number of hydrogen-bond donors (Lipinski definition) is 2. The lowest BCUT2D eigenvalue weighted by Gasteiger charge is -2.28. The van der Waals surface area contributed by atoms with Crippen molar-refractivity contribution in [1.82, 2.24) is 0 Å². The summed E-state index contributed by atoms with van der Waals surface area (Å²) in [5, 5.41) is 18.0. The van der Waals surface area contributed by atoms with Crippen LogP contribution in [0.1, 0.15) is 20.8 Å². The Balaban J connectivity index is 0. The van der Waals surface area contributed by atoms with Crippen LogP contribution in [0, 0.1) is 0 Å². The molecule has 0 saturated carbocycles. The summed E-state index contributed by atoms with van der Waals surface area (Å²) < 4.78 is 16.4. The third kappa shape index (κ3) is 6.54. The molecule has 0 aliphatic rings. The Labute approximate surface area is 108 Å². The fraction of sp³-hybridized carbons (Fsp3) is 0.900. The van der Waals surface area contributed by atoms with E-state index in [0.717, 1.165) is 0 Å². The van der Waals surface area contributed by atoms with E-state index >= 15 is 0 Å². The van der Waals surface area contributed by atoms with Gasteiger partial charge >= 0.3 is 8.80 Å². The van der Waals surface area contributed by atoms with Crippen LogP contribution >= 0.6 is 0 Å². The number of ketones is 1. The summed E-state index contributed by atoms with van der Waals surface area (Å²) in [4.78, 5) is 11.6. The van der Waals surface area contributed by atoms with E-state index in [1.807, 2.05) is 0 Å². The topological polar surface area (TPSA) is 117 Å². The van der Waals surface area contributed by atoms with Gasteiger partial charge in [0.05, 0.1) is 12.7 Å². The van der Waals surface area contributed by atoms with Gasteiger partial charge in [-0.1, -0.05) is 0 Å². The molecule has 0 aliphatic carbocycles. The molecule has 0 saturated heterocycles. The molecule has 0 bridgehead atoms. The smallest absolute Gasteiger partial charge is 0.412 e. The highest BCUT2D eigenvalue weighted by Crippen LogP contribution is 2.17. The normalized spacial score (nSPS) is 12.9. The molecular weight excluding hydrogens is 260 g/mol. The molecule has 110 valence electrons. The average molecular weight is 284 g/mol. The molecule has 4 N–H and O–H groups in total. The molecule has 0 aromatic heterocycles. The molecule has 0 heterocycles. The van der Waals surface area contributed by atoms with Crippen molar-refractivity contribution in [1.29, 1.82) is 0 Å². The zero-order valence-corrected chi connectivity index (χ0v) is 12.1. The van der Waals surface area contributed by atoms with Crippen LogP contribution in [0.2, 0.25) is 6.04 Å². The number of hydrogen-bond acceptors (Lipinski definition) is 6. The lowest BCUT2D eigenvalue weighted by Crippen LogP contribution is -2.49. The zero-order valence-electron chi connectivity index (χ0n) is 11.1. The monoisotopic (exact) mass is 284 g/mol. The van der Waals surface area contributed by atoms with Crippen molar-refractivity contribution in [3.8, 4) is 0 Å². The van der Waals surface area contributed by atoms with Crippen LogP contribution < -0.4 is 0 Å². The number of aliphatic hydroxyl groups excluding tert-OH is 2. The van der Waals surface area contributed by atoms with Crippen molar-refractivity contribution < 1.29 is 33.8 Å². The predicted octanol–water partition coefficient (Wildman–Crippen LogP) is -0.868. The largest absolute Gasteiger partial charge is 0.508 e. The zero-order chi connectivity index (χ0) is 13.3. The molecular formula is C10H24O7Si. The summed E-state index contributed by atoms with van der Waals surface area (Å²) >= 11 is 0. The quantitative estimate of drug-likeness (QED) is 0.504. The average Bonchev–Trinajstić information content (AvgIpc) is 2.28. The number of rotatable bonds is 10. The Bertz CT molecular complexity index is 207. The van der Waals surface area contributed by atoms with Gasteiger partial charge in [0.25, 0.3) is 0 Å². The maximum absolute atomic E-state index is 11.6. The van der Waals surface area contributed by atoms with Crippen molar-refractivity contribution in [2.45, 2.75) is 32.9 Å². The van der Waals surface area contributed by atoms with Crippen LogP contribution in [0.5, 0.6) is 0 Å². The standard InChI is InChI=1S/C10H22O6Si.H2O/c1-4-14-17(15-5-2,16-6-3)8-10(13)9(12)7-11;/h9,11-12H,4-8H2,1-3H3;1H2. The van der Waals surface area contributed by atoms with Crippen molar-refractivity contribution in [3.63, 3.8) is 0 Å². The Kier molecular flexibility index (Phi) is 11.7. The maximum Gasteiger partial charge on any atom is 0.508 e. The molecule has 0 aromatic rings. The summed E-state index contributed by atoms with van der Waals surface area (Å²) in [5.74, 6) is -0.519. The van der Waals surface area contributed by atoms with Gasteiger partial charge in [-0.15, -0.1) is 0 Å². The van der Waals surface area contributed by atoms with Gasteiger partial charge in [-0.25, -0.2) is 0 Å². The summed E-state index contributed by atoms with van der Waals surface area (Å²) in [6, 6.07) is -0.121. The van der Waals surface area contributed by atoms with Gasteiger partial charge in [-0.3, -0.25) is 4.79 Å². The SMILES string of the molecule is CCO[Si](CC(=O)C(O)CO)(OCC)OCC.O. The molecule has 0 aliphatic heterocycles. The van der Waals surface area contributed by atoms with E-state index in [1.54, 1.807) is 20.8 Å². The van der Waals surface area contributed by atoms with Gasteiger partial charge < -0.3 is 29.0 Å². The molecule has 8 heteroatoms. The van der Waals surface area contributed by atoms with E-state index in [9.17, 15) is 9.90 Å². The van der Waals surface area contributed by atoms with Crippen LogP contribution in [-0.2, 0) is 18.1 Å². The minimum atomic E-state index is -3.06. The highest BCUT2D eigenvalue weighted by atomic mass is 28.4. The summed E-state index contributed by atoms with van der Waals surface area (Å²) in [6.45, 7) is 5.86. The highest BCUT2D eigenvalue weighted by Gasteiger charge is 2.44. The molecule has 0 amide bonds. The molecule has 0 radical (unpaired) electrons. The van der Waals surface area contributed by atoms with Crippen LogP contribution in [0.3, 0.4) is 0 Å². The Hall–Kier alpha value is -0.353. The van der Waals surface area contributed by atoms with Gasteiger partial charge in [-0.05, 0) is 20.8 Å². The van der Waals surface area contributed by atoms with Crippen LogP contribution in [-0.4, -0.2) is 62.8 Å². The van der Waals surface area contributed by atoms with Crippen molar-refractivity contribution in [2.24, 2.45) is 0 Å². The van der Waals surface area contributed by atoms with Gasteiger partial charge in [-0.2, -0.15) is 0 Å². The van der Waals surface area contributed by atoms with E-state index < -0.39 is 27.3 Å². The lowest BCUT2D eigenvalue weighted by molar-refractivity contribution is -0.127. The second-order valence-corrected chi connectivity index (χ2v) is 5.91. The molecule has 18 heavy (non-hydrogen) atoms. The molecule has 1 unspecified atom stereocenters. The van der Waals surface area contributed by atoms with E-state index in [4.69, 9.17) is 18.4 Å². The van der Waals surface area contributed by atoms with E-state index in [-0.39, 0.29) is 11.5 Å². The lowest BCUT2D eigenvalue weighted by atomic mass is 10.3. The number of Topliss-reactive ketones (excluding diaryl/α,β-unsaturated/α-hetero) is 1. The van der Waals surface area contributed by atoms with E-state index in [2.05, 4.69) is 0 Å². The second-order valence-electron chi connectivity index (χ2n) is 3.32. The minimum Gasteiger partial charge on any atom is -0.412 e. The maximum atomic E-state index is 11.6. The van der Waals surface area contributed by atoms with Crippen LogP contribution in [0.25, 0.3) is 0 Å². The number of aliphatic hydroxyl groups is 2. The van der Waals surface area contributed by atoms with Crippen LogP contribution in [0.4, 0.5) is 0 Å². The highest BCUT2D eigenvalue weighted by molar-refractivity contribution is 6.64. The minimum absolute atomic E-state index is 0. The number of carbonyl (C=O) groups excluding carboxylic acids is 1. The summed E-state index contributed by atoms with van der Waals surface area (Å²) in [6.07, 6.45) is -1.40. The Morgan fingerprint density at radius 2 is 1.50 bits per heavy atom. The van der Waals surface area contributed by atoms with Gasteiger partial charge in [0.1, 0.15) is 6.10 Å². The first-order chi connectivity index (χ1) is 8.05. The van der Waals surface area contributed by atoms with Gasteiger partial charge in [0.15, 0.2) is 5.78 Å². The van der Waals surface area contributed by atoms with E-state index in [0.29, 0.717) is 19.8 Å². The first-order valence-corrected chi connectivity index (χ1v) is 7.71. The van der Waals surface area contributed by atoms with Crippen molar-refractivity contribution >= 4 is 14.6 Å². The van der Waals surface area contributed by atoms with Gasteiger partial charge in [0.2, 0.25) is 0 Å². The molecule has 7 nitrogen and oxygen atoms in total. The van der Waals surface area contributed by atoms with E-state index in [1.165, 1.54) is 0 Å². The third-order valence-corrected chi connectivity index (χ3v) is 5.00. The fourth-order valence-electron chi connectivity index (χ4n) is 1.37. The third-order valence-electron chi connectivity index (χ3n) is 2.03. The van der Waals surface area contributed by atoms with Gasteiger partial charge in [0, 0.05) is 19.8 Å². The molecule has 0 spiro atoms. The second kappa shape index (κ2) is 10.6. The molecule has 0 aromatic carbocycles. The fourth-order valence-corrected chi connectivity index (χ4v) is 3.91. The first kappa shape index (κ1) is 20.0. The Morgan fingerprint density at radius 1 is 1.11 bits per heavy atom. The number of carbonyl (C=O) groups is 1. The van der Waals surface area contributed by atoms with Crippen molar-refractivity contribution in [2.75, 3.05) is 26.4 Å². The predicted molar refractivity (Wildman–Crippen MR) is 67.2 cm³/mol. The molecule has 0 fully saturated rings. The Morgan fingerprint density at radius 3 is 1.78 bits per heavy atom. The summed E-state index contributed by atoms with van der Waals surface area (Å²) in [5.41, 5.74) is 0. The molecule has 1 atom stereocenters.